The van der Waals surface area contributed by atoms with Gasteiger partial charge in [0.15, 0.2) is 0 Å². The second-order valence-corrected chi connectivity index (χ2v) is 3.39. The fourth-order valence-corrected chi connectivity index (χ4v) is 1.26. The summed E-state index contributed by atoms with van der Waals surface area (Å²) in [6.45, 7) is 0.241. The summed E-state index contributed by atoms with van der Waals surface area (Å²) < 4.78 is 42.1. The Bertz CT molecular complexity index is 462. The highest BCUT2D eigenvalue weighted by atomic mass is 19.4. The van der Waals surface area contributed by atoms with Crippen molar-refractivity contribution in [3.05, 3.63) is 48.0 Å². The Morgan fingerprint density at radius 1 is 1.18 bits per heavy atom. The van der Waals surface area contributed by atoms with Crippen molar-refractivity contribution < 1.29 is 17.9 Å². The summed E-state index contributed by atoms with van der Waals surface area (Å²) in [5, 5.41) is 0. The van der Waals surface area contributed by atoms with Crippen molar-refractivity contribution in [3.8, 4) is 5.75 Å². The third-order valence-electron chi connectivity index (χ3n) is 2.13. The lowest BCUT2D eigenvalue weighted by atomic mass is 10.2. The summed E-state index contributed by atoms with van der Waals surface area (Å²) in [6, 6.07) is 4.56. The molecule has 6 heteroatoms. The quantitative estimate of drug-likeness (QED) is 0.898. The van der Waals surface area contributed by atoms with Crippen LogP contribution in [0.15, 0.2) is 36.8 Å². The SMILES string of the molecule is FC(F)(F)c1ccc(OCc2cnc[nH]2)cc1. The summed E-state index contributed by atoms with van der Waals surface area (Å²) >= 11 is 0. The molecule has 0 aliphatic carbocycles. The van der Waals surface area contributed by atoms with E-state index in [4.69, 9.17) is 4.74 Å². The van der Waals surface area contributed by atoms with Gasteiger partial charge in [0.1, 0.15) is 12.4 Å². The predicted octanol–water partition coefficient (Wildman–Crippen LogP) is 3.01. The number of nitrogens with one attached hydrogen (secondary N) is 1. The molecule has 0 saturated heterocycles. The molecule has 1 N–H and O–H groups in total. The van der Waals surface area contributed by atoms with Gasteiger partial charge in [0.25, 0.3) is 0 Å². The first-order chi connectivity index (χ1) is 8.05. The van der Waals surface area contributed by atoms with E-state index in [1.54, 1.807) is 6.20 Å². The average Bonchev–Trinajstić information content (AvgIpc) is 2.78. The Hall–Kier alpha value is -1.98. The van der Waals surface area contributed by atoms with Gasteiger partial charge in [-0.3, -0.25) is 0 Å². The van der Waals surface area contributed by atoms with E-state index >= 15 is 0 Å². The smallest absolute Gasteiger partial charge is 0.416 e. The van der Waals surface area contributed by atoms with Gasteiger partial charge in [0.2, 0.25) is 0 Å². The largest absolute Gasteiger partial charge is 0.487 e. The third kappa shape index (κ3) is 2.99. The highest BCUT2D eigenvalue weighted by molar-refractivity contribution is 5.28. The molecule has 3 nitrogen and oxygen atoms in total. The van der Waals surface area contributed by atoms with Crippen LogP contribution in [0.1, 0.15) is 11.3 Å². The molecule has 2 rings (SSSR count). The number of hydrogen-bond acceptors (Lipinski definition) is 2. The Morgan fingerprint density at radius 2 is 1.88 bits per heavy atom. The van der Waals surface area contributed by atoms with Gasteiger partial charge < -0.3 is 9.72 Å². The molecule has 0 aliphatic rings. The lowest BCUT2D eigenvalue weighted by Gasteiger charge is -2.08. The van der Waals surface area contributed by atoms with E-state index in [0.29, 0.717) is 5.75 Å². The zero-order valence-electron chi connectivity index (χ0n) is 8.66. The first kappa shape index (κ1) is 11.5. The zero-order chi connectivity index (χ0) is 12.3. The maximum Gasteiger partial charge on any atom is 0.416 e. The molecule has 1 aromatic carbocycles. The first-order valence-electron chi connectivity index (χ1n) is 4.83. The molecule has 0 aliphatic heterocycles. The van der Waals surface area contributed by atoms with Crippen molar-refractivity contribution >= 4 is 0 Å². The van der Waals surface area contributed by atoms with E-state index in [-0.39, 0.29) is 6.61 Å². The number of benzene rings is 1. The number of nitrogens with zero attached hydrogens (tertiary/aromatic N) is 1. The van der Waals surface area contributed by atoms with Crippen LogP contribution in [0.3, 0.4) is 0 Å². The van der Waals surface area contributed by atoms with Gasteiger partial charge in [-0.2, -0.15) is 13.2 Å². The van der Waals surface area contributed by atoms with Crippen LogP contribution in [0.4, 0.5) is 13.2 Å². The Morgan fingerprint density at radius 3 is 2.41 bits per heavy atom. The average molecular weight is 242 g/mol. The lowest BCUT2D eigenvalue weighted by Crippen LogP contribution is -2.04. The number of hydrogen-bond donors (Lipinski definition) is 1. The topological polar surface area (TPSA) is 37.9 Å². The summed E-state index contributed by atoms with van der Waals surface area (Å²) in [5.41, 5.74) is 0.0660. The van der Waals surface area contributed by atoms with Crippen molar-refractivity contribution in [1.82, 2.24) is 9.97 Å². The molecule has 0 saturated carbocycles. The molecule has 0 fully saturated rings. The van der Waals surface area contributed by atoms with Crippen molar-refractivity contribution in [2.75, 3.05) is 0 Å². The zero-order valence-corrected chi connectivity index (χ0v) is 8.66. The molecule has 0 spiro atoms. The standard InChI is InChI=1S/C11H9F3N2O/c12-11(13,14)8-1-3-10(4-2-8)17-6-9-5-15-7-16-9/h1-5,7H,6H2,(H,15,16). The minimum absolute atomic E-state index is 0.241. The van der Waals surface area contributed by atoms with Gasteiger partial charge in [-0.25, -0.2) is 4.98 Å². The minimum Gasteiger partial charge on any atom is -0.487 e. The van der Waals surface area contributed by atoms with Crippen LogP contribution in [-0.4, -0.2) is 9.97 Å². The normalized spacial score (nSPS) is 11.5. The summed E-state index contributed by atoms with van der Waals surface area (Å²) in [7, 11) is 0. The Labute approximate surface area is 95.3 Å². The molecular formula is C11H9F3N2O. The number of alkyl halides is 3. The molecule has 0 amide bonds. The molecule has 0 bridgehead atoms. The van der Waals surface area contributed by atoms with Crippen LogP contribution in [0.5, 0.6) is 5.75 Å². The second-order valence-electron chi connectivity index (χ2n) is 3.39. The number of halogens is 3. The number of aromatic amines is 1. The van der Waals surface area contributed by atoms with Crippen molar-refractivity contribution in [1.29, 1.82) is 0 Å². The molecule has 0 radical (unpaired) electrons. The molecule has 2 aromatic rings. The second kappa shape index (κ2) is 4.48. The number of ether oxygens (including phenoxy) is 1. The van der Waals surface area contributed by atoms with Crippen LogP contribution in [0.2, 0.25) is 0 Å². The van der Waals surface area contributed by atoms with Crippen LogP contribution >= 0.6 is 0 Å². The lowest BCUT2D eigenvalue weighted by molar-refractivity contribution is -0.137. The fraction of sp³-hybridized carbons (Fsp3) is 0.182. The van der Waals surface area contributed by atoms with E-state index in [1.807, 2.05) is 0 Å². The molecular weight excluding hydrogens is 233 g/mol. The van der Waals surface area contributed by atoms with Gasteiger partial charge in [0, 0.05) is 0 Å². The summed E-state index contributed by atoms with van der Waals surface area (Å²) in [6.07, 6.45) is -1.22. The van der Waals surface area contributed by atoms with Gasteiger partial charge in [0.05, 0.1) is 23.8 Å². The van der Waals surface area contributed by atoms with Crippen LogP contribution in [0, 0.1) is 0 Å². The molecule has 0 unspecified atom stereocenters. The maximum absolute atomic E-state index is 12.3. The first-order valence-corrected chi connectivity index (χ1v) is 4.83. The van der Waals surface area contributed by atoms with Crippen molar-refractivity contribution in [2.24, 2.45) is 0 Å². The van der Waals surface area contributed by atoms with Crippen LogP contribution < -0.4 is 4.74 Å². The van der Waals surface area contributed by atoms with Crippen LogP contribution in [0.25, 0.3) is 0 Å². The fourth-order valence-electron chi connectivity index (χ4n) is 1.26. The van der Waals surface area contributed by atoms with E-state index in [0.717, 1.165) is 17.8 Å². The summed E-state index contributed by atoms with van der Waals surface area (Å²) in [4.78, 5) is 6.62. The molecule has 90 valence electrons. The van der Waals surface area contributed by atoms with Gasteiger partial charge in [-0.05, 0) is 24.3 Å². The maximum atomic E-state index is 12.3. The van der Waals surface area contributed by atoms with Crippen LogP contribution in [-0.2, 0) is 12.8 Å². The minimum atomic E-state index is -4.32. The van der Waals surface area contributed by atoms with Gasteiger partial charge >= 0.3 is 6.18 Å². The Balaban J connectivity index is 1.99. The highest BCUT2D eigenvalue weighted by Crippen LogP contribution is 2.30. The predicted molar refractivity (Wildman–Crippen MR) is 54.4 cm³/mol. The number of imidazole rings is 1. The van der Waals surface area contributed by atoms with Crippen molar-refractivity contribution in [3.63, 3.8) is 0 Å². The number of H-pyrrole nitrogens is 1. The monoisotopic (exact) mass is 242 g/mol. The highest BCUT2D eigenvalue weighted by Gasteiger charge is 2.29. The summed E-state index contributed by atoms with van der Waals surface area (Å²) in [5.74, 6) is 0.382. The number of rotatable bonds is 3. The Kier molecular flexibility index (Phi) is 3.03. The van der Waals surface area contributed by atoms with E-state index in [9.17, 15) is 13.2 Å². The van der Waals surface area contributed by atoms with Crippen molar-refractivity contribution in [2.45, 2.75) is 12.8 Å². The molecule has 1 aromatic heterocycles. The van der Waals surface area contributed by atoms with E-state index in [2.05, 4.69) is 9.97 Å². The third-order valence-corrected chi connectivity index (χ3v) is 2.13. The van der Waals surface area contributed by atoms with E-state index < -0.39 is 11.7 Å². The van der Waals surface area contributed by atoms with E-state index in [1.165, 1.54) is 18.5 Å². The van der Waals surface area contributed by atoms with Gasteiger partial charge in [-0.1, -0.05) is 0 Å². The van der Waals surface area contributed by atoms with Gasteiger partial charge in [-0.15, -0.1) is 0 Å². The molecule has 17 heavy (non-hydrogen) atoms. The number of aromatic nitrogens is 2. The molecule has 1 heterocycles. The molecule has 0 atom stereocenters.